The molecule has 158 valence electrons. The van der Waals surface area contributed by atoms with Crippen LogP contribution in [0.2, 0.25) is 0 Å². The van der Waals surface area contributed by atoms with E-state index < -0.39 is 27.7 Å². The summed E-state index contributed by atoms with van der Waals surface area (Å²) < 4.78 is 0. The maximum absolute atomic E-state index is 13.2. The van der Waals surface area contributed by atoms with E-state index in [2.05, 4.69) is 10.3 Å². The van der Waals surface area contributed by atoms with Crippen LogP contribution in [0.3, 0.4) is 0 Å². The highest BCUT2D eigenvalue weighted by Crippen LogP contribution is 2.67. The second kappa shape index (κ2) is 5.19. The smallest absolute Gasteiger partial charge is 0.336 e. The molecule has 11 heteroatoms. The van der Waals surface area contributed by atoms with Crippen molar-refractivity contribution in [2.75, 3.05) is 0 Å². The molecule has 2 heterocycles. The number of hydrogen-bond donors (Lipinski definition) is 0. The Morgan fingerprint density at radius 3 is 2.34 bits per heavy atom. The highest BCUT2D eigenvalue weighted by Gasteiger charge is 2.84. The summed E-state index contributed by atoms with van der Waals surface area (Å²) in [6.07, 6.45) is 0. The van der Waals surface area contributed by atoms with Gasteiger partial charge in [0.05, 0.1) is 11.3 Å². The number of benzene rings is 2. The lowest BCUT2D eigenvalue weighted by Crippen LogP contribution is -2.74. The molecule has 4 aliphatic carbocycles. The minimum atomic E-state index is -1.95. The van der Waals surface area contributed by atoms with Gasteiger partial charge in [-0.25, -0.2) is 5.23 Å². The summed E-state index contributed by atoms with van der Waals surface area (Å²) in [6, 6.07) is 15.1. The third-order valence-electron chi connectivity index (χ3n) is 7.63. The van der Waals surface area contributed by atoms with Gasteiger partial charge in [0.15, 0.2) is 15.8 Å². The molecule has 0 saturated heterocycles. The third-order valence-corrected chi connectivity index (χ3v) is 7.63. The molecule has 2 aliphatic heterocycles. The van der Waals surface area contributed by atoms with Gasteiger partial charge in [0, 0.05) is 10.8 Å². The van der Waals surface area contributed by atoms with Crippen LogP contribution >= 0.6 is 0 Å². The Morgan fingerprint density at radius 2 is 1.72 bits per heavy atom. The first-order chi connectivity index (χ1) is 15.4. The largest absolute Gasteiger partial charge is 0.722 e. The molecule has 0 N–H and O–H groups in total. The molecule has 0 saturated carbocycles. The summed E-state index contributed by atoms with van der Waals surface area (Å²) in [5, 5.41) is 33.6. The maximum atomic E-state index is 13.2. The van der Waals surface area contributed by atoms with Crippen molar-refractivity contribution >= 4 is 11.4 Å². The van der Waals surface area contributed by atoms with E-state index in [4.69, 9.17) is 9.88 Å². The van der Waals surface area contributed by atoms with Gasteiger partial charge in [-0.1, -0.05) is 53.7 Å². The van der Waals surface area contributed by atoms with Crippen LogP contribution in [-0.4, -0.2) is 32.0 Å². The lowest BCUT2D eigenvalue weighted by atomic mass is 9.41. The number of hydroxylamine groups is 2. The normalized spacial score (nSPS) is 32.7. The van der Waals surface area contributed by atoms with Gasteiger partial charge in [0.1, 0.15) is 5.71 Å². The second-order valence-corrected chi connectivity index (χ2v) is 8.57. The van der Waals surface area contributed by atoms with E-state index in [0.29, 0.717) is 0 Å². The summed E-state index contributed by atoms with van der Waals surface area (Å²) in [4.78, 5) is 35.1. The average molecular weight is 431 g/mol. The van der Waals surface area contributed by atoms with Crippen LogP contribution in [0.5, 0.6) is 0 Å². The highest BCUT2D eigenvalue weighted by molar-refractivity contribution is 6.22. The zero-order valence-electron chi connectivity index (χ0n) is 16.5. The van der Waals surface area contributed by atoms with E-state index in [-0.39, 0.29) is 33.0 Å². The number of fused-ring (bicyclic) bond motifs is 2. The molecule has 0 unspecified atom stereocenters. The fraction of sp³-hybridized carbons (Fsp3) is 0.238. The fourth-order valence-corrected chi connectivity index (χ4v) is 6.57. The van der Waals surface area contributed by atoms with Gasteiger partial charge in [-0.2, -0.15) is 0 Å². The molecule has 11 nitrogen and oxygen atoms in total. The Kier molecular flexibility index (Phi) is 2.85. The van der Waals surface area contributed by atoms with Gasteiger partial charge < -0.3 is 5.21 Å². The molecule has 0 aromatic heterocycles. The van der Waals surface area contributed by atoms with Gasteiger partial charge in [-0.15, -0.1) is 0 Å². The molecule has 0 fully saturated rings. The molecule has 2 aromatic carbocycles. The second-order valence-electron chi connectivity index (χ2n) is 8.57. The molecule has 0 amide bonds. The van der Waals surface area contributed by atoms with Crippen LogP contribution in [0.25, 0.3) is 0 Å². The van der Waals surface area contributed by atoms with Crippen molar-refractivity contribution in [1.29, 1.82) is 0 Å². The van der Waals surface area contributed by atoms with Gasteiger partial charge >= 0.3 is 16.9 Å². The van der Waals surface area contributed by atoms with E-state index in [1.807, 2.05) is 48.5 Å². The zero-order valence-corrected chi connectivity index (χ0v) is 16.5. The summed E-state index contributed by atoms with van der Waals surface area (Å²) in [7, 11) is 0. The molecule has 0 spiro atoms. The van der Waals surface area contributed by atoms with Crippen LogP contribution in [0.15, 0.2) is 70.2 Å². The molecule has 2 atom stereocenters. The number of hydrogen-bond acceptors (Lipinski definition) is 9. The van der Waals surface area contributed by atoms with Gasteiger partial charge in [-0.05, 0) is 39.0 Å². The Balaban J connectivity index is 1.71. The molecule has 32 heavy (non-hydrogen) atoms. The summed E-state index contributed by atoms with van der Waals surface area (Å²) >= 11 is 0. The fourth-order valence-electron chi connectivity index (χ4n) is 6.57. The van der Waals surface area contributed by atoms with E-state index in [1.165, 1.54) is 0 Å². The predicted molar refractivity (Wildman–Crippen MR) is 107 cm³/mol. The topological polar surface area (TPSA) is 133 Å². The van der Waals surface area contributed by atoms with Crippen LogP contribution < -0.4 is 0 Å². The number of allylic oxidation sites excluding steroid dienone is 1. The SMILES string of the molecule is CC12c3ccccc3C(c3ccccc31)[C@@H]1C3=NON([O-])C3=C3C(=NO[N+]3=O)[C@@]12[N+](=O)[O-]. The molecular formula is C21H13N5O6. The first-order valence-corrected chi connectivity index (χ1v) is 9.97. The van der Waals surface area contributed by atoms with Crippen LogP contribution in [0.4, 0.5) is 0 Å². The third kappa shape index (κ3) is 1.51. The van der Waals surface area contributed by atoms with Crippen molar-refractivity contribution in [3.8, 4) is 0 Å². The Bertz CT molecular complexity index is 1350. The number of rotatable bonds is 1. The van der Waals surface area contributed by atoms with Crippen molar-refractivity contribution in [2.45, 2.75) is 23.8 Å². The van der Waals surface area contributed by atoms with Crippen LogP contribution in [0, 0.1) is 26.1 Å². The number of oxime groups is 2. The van der Waals surface area contributed by atoms with Crippen LogP contribution in [-0.2, 0) is 15.3 Å². The zero-order chi connectivity index (χ0) is 22.0. The van der Waals surface area contributed by atoms with Crippen molar-refractivity contribution in [3.05, 3.63) is 102 Å². The Hall–Kier alpha value is -4.12. The van der Waals surface area contributed by atoms with E-state index in [0.717, 1.165) is 22.3 Å². The van der Waals surface area contributed by atoms with Crippen molar-refractivity contribution < 1.29 is 19.7 Å². The minimum Gasteiger partial charge on any atom is -0.722 e. The number of nitrogens with zero attached hydrogens (tertiary/aromatic N) is 5. The molecule has 2 aromatic rings. The molecule has 8 rings (SSSR count). The van der Waals surface area contributed by atoms with E-state index >= 15 is 0 Å². The lowest BCUT2D eigenvalue weighted by Gasteiger charge is -2.57. The lowest BCUT2D eigenvalue weighted by molar-refractivity contribution is -0.758. The summed E-state index contributed by atoms with van der Waals surface area (Å²) in [5.41, 5.74) is -0.531. The summed E-state index contributed by atoms with van der Waals surface area (Å²) in [5.74, 6) is -1.46. The van der Waals surface area contributed by atoms with E-state index in [9.17, 15) is 20.2 Å². The molecular weight excluding hydrogens is 418 g/mol. The summed E-state index contributed by atoms with van der Waals surface area (Å²) in [6.45, 7) is 1.79. The monoisotopic (exact) mass is 431 g/mol. The first-order valence-electron chi connectivity index (χ1n) is 9.97. The Labute approximate surface area is 179 Å². The van der Waals surface area contributed by atoms with Gasteiger partial charge in [0.2, 0.25) is 0 Å². The average Bonchev–Trinajstić information content (AvgIpc) is 3.36. The predicted octanol–water partition coefficient (Wildman–Crippen LogP) is 2.49. The number of nitro groups is 1. The molecule has 0 radical (unpaired) electrons. The van der Waals surface area contributed by atoms with Gasteiger partial charge in [-0.3, -0.25) is 15.1 Å². The van der Waals surface area contributed by atoms with Crippen molar-refractivity contribution in [3.63, 3.8) is 0 Å². The Morgan fingerprint density at radius 1 is 1.09 bits per heavy atom. The van der Waals surface area contributed by atoms with Crippen LogP contribution in [0.1, 0.15) is 35.1 Å². The standard InChI is InChI=1S/C21H13N5O6/c1-20-12-8-4-2-6-10(12)14(11-7-3-5-9-13(11)20)15-16-17(24(27)31-22-16)18-19(23-32-25(18)28)21(15,20)26(29)30/h2-9,14-15H,1H3/t14?,15-,20?,21+/m1/s1. The van der Waals surface area contributed by atoms with Crippen molar-refractivity contribution in [2.24, 2.45) is 16.2 Å². The highest BCUT2D eigenvalue weighted by atomic mass is 17.0. The first kappa shape index (κ1) is 17.5. The molecule has 6 aliphatic rings. The molecule has 2 bridgehead atoms. The minimum absolute atomic E-state index is 0.0185. The maximum Gasteiger partial charge on any atom is 0.336 e. The quantitative estimate of drug-likeness (QED) is 0.500. The van der Waals surface area contributed by atoms with E-state index in [1.54, 1.807) is 6.92 Å². The van der Waals surface area contributed by atoms with Gasteiger partial charge in [0.25, 0.3) is 0 Å². The van der Waals surface area contributed by atoms with Crippen molar-refractivity contribution in [1.82, 2.24) is 5.23 Å².